The lowest BCUT2D eigenvalue weighted by Gasteiger charge is -2.05. The first-order valence-electron chi connectivity index (χ1n) is 5.39. The maximum atomic E-state index is 5.84. The van der Waals surface area contributed by atoms with Crippen molar-refractivity contribution in [1.82, 2.24) is 14.4 Å². The average Bonchev–Trinajstić information content (AvgIpc) is 2.75. The average molecular weight is 217 g/mol. The smallest absolute Gasteiger partial charge is 0.158 e. The number of nitrogens with two attached hydrogens (primary N) is 1. The molecular formula is C11H15N5. The third-order valence-electron chi connectivity index (χ3n) is 2.37. The standard InChI is InChI=1S/C11H15N5/c1-3-8-11-14-5-6-16(11)7-9(15-8)10(12)13-4-2/h5-7H,3-4H2,1-2H3,(H2,12,13). The van der Waals surface area contributed by atoms with Crippen LogP contribution in [0.2, 0.25) is 0 Å². The number of hydrogen-bond donors (Lipinski definition) is 1. The number of aliphatic imine (C=N–C) groups is 1. The lowest BCUT2D eigenvalue weighted by atomic mass is 10.3. The first-order valence-corrected chi connectivity index (χ1v) is 5.39. The second-order valence-electron chi connectivity index (χ2n) is 3.44. The number of amidine groups is 1. The van der Waals surface area contributed by atoms with E-state index in [1.165, 1.54) is 0 Å². The molecule has 0 aliphatic rings. The molecule has 0 unspecified atom stereocenters. The minimum absolute atomic E-state index is 0.479. The van der Waals surface area contributed by atoms with Crippen molar-refractivity contribution in [1.29, 1.82) is 0 Å². The van der Waals surface area contributed by atoms with Crippen LogP contribution in [0.1, 0.15) is 25.2 Å². The molecule has 0 bridgehead atoms. The van der Waals surface area contributed by atoms with Gasteiger partial charge >= 0.3 is 0 Å². The summed E-state index contributed by atoms with van der Waals surface area (Å²) < 4.78 is 1.93. The number of rotatable bonds is 3. The summed E-state index contributed by atoms with van der Waals surface area (Å²) in [7, 11) is 0. The van der Waals surface area contributed by atoms with Crippen molar-refractivity contribution >= 4 is 11.5 Å². The summed E-state index contributed by atoms with van der Waals surface area (Å²) in [6.45, 7) is 4.66. The fraction of sp³-hybridized carbons (Fsp3) is 0.364. The first-order chi connectivity index (χ1) is 7.76. The molecule has 0 saturated heterocycles. The Balaban J connectivity index is 2.59. The molecule has 2 aromatic heterocycles. The van der Waals surface area contributed by atoms with Gasteiger partial charge in [-0.2, -0.15) is 0 Å². The number of aryl methyl sites for hydroxylation is 1. The van der Waals surface area contributed by atoms with Gasteiger partial charge in [-0.15, -0.1) is 0 Å². The minimum atomic E-state index is 0.479. The van der Waals surface area contributed by atoms with Gasteiger partial charge in [0.1, 0.15) is 11.5 Å². The highest BCUT2D eigenvalue weighted by Crippen LogP contribution is 2.08. The molecule has 2 rings (SSSR count). The molecule has 0 aromatic carbocycles. The third kappa shape index (κ3) is 1.76. The molecule has 16 heavy (non-hydrogen) atoms. The summed E-state index contributed by atoms with van der Waals surface area (Å²) in [5.41, 5.74) is 8.38. The fourth-order valence-corrected chi connectivity index (χ4v) is 1.61. The maximum absolute atomic E-state index is 5.84. The van der Waals surface area contributed by atoms with E-state index < -0.39 is 0 Å². The molecule has 5 heteroatoms. The van der Waals surface area contributed by atoms with Crippen LogP contribution in [0.4, 0.5) is 0 Å². The van der Waals surface area contributed by atoms with Crippen molar-refractivity contribution in [2.45, 2.75) is 20.3 Å². The van der Waals surface area contributed by atoms with Gasteiger partial charge in [0.15, 0.2) is 5.65 Å². The highest BCUT2D eigenvalue weighted by Gasteiger charge is 2.07. The van der Waals surface area contributed by atoms with Crippen molar-refractivity contribution in [3.63, 3.8) is 0 Å². The summed E-state index contributed by atoms with van der Waals surface area (Å²) in [6.07, 6.45) is 6.33. The monoisotopic (exact) mass is 217 g/mol. The van der Waals surface area contributed by atoms with E-state index in [4.69, 9.17) is 5.73 Å². The van der Waals surface area contributed by atoms with Gasteiger partial charge in [-0.3, -0.25) is 4.99 Å². The molecule has 0 spiro atoms. The van der Waals surface area contributed by atoms with E-state index in [1.54, 1.807) is 6.20 Å². The number of aromatic nitrogens is 3. The number of nitrogens with zero attached hydrogens (tertiary/aromatic N) is 4. The molecule has 2 aromatic rings. The van der Waals surface area contributed by atoms with Gasteiger partial charge in [-0.05, 0) is 13.3 Å². The highest BCUT2D eigenvalue weighted by molar-refractivity contribution is 5.95. The van der Waals surface area contributed by atoms with Gasteiger partial charge in [0.05, 0.1) is 5.69 Å². The quantitative estimate of drug-likeness (QED) is 0.616. The Bertz CT molecular complexity index is 526. The number of hydrogen-bond acceptors (Lipinski definition) is 3. The van der Waals surface area contributed by atoms with Crippen LogP contribution in [-0.4, -0.2) is 26.7 Å². The SMILES string of the molecule is CCN=C(N)c1cn2ccnc2c(CC)n1. The summed E-state index contributed by atoms with van der Waals surface area (Å²) in [4.78, 5) is 12.9. The summed E-state index contributed by atoms with van der Waals surface area (Å²) in [5.74, 6) is 0.479. The van der Waals surface area contributed by atoms with E-state index >= 15 is 0 Å². The molecule has 5 nitrogen and oxygen atoms in total. The van der Waals surface area contributed by atoms with Crippen LogP contribution in [0.3, 0.4) is 0 Å². The van der Waals surface area contributed by atoms with Crippen LogP contribution in [0.5, 0.6) is 0 Å². The zero-order chi connectivity index (χ0) is 11.5. The van der Waals surface area contributed by atoms with E-state index in [2.05, 4.69) is 15.0 Å². The van der Waals surface area contributed by atoms with Crippen LogP contribution in [0.15, 0.2) is 23.6 Å². The minimum Gasteiger partial charge on any atom is -0.382 e. The summed E-state index contributed by atoms with van der Waals surface area (Å²) in [6, 6.07) is 0. The van der Waals surface area contributed by atoms with Gasteiger partial charge in [0.25, 0.3) is 0 Å². The second-order valence-corrected chi connectivity index (χ2v) is 3.44. The van der Waals surface area contributed by atoms with E-state index in [-0.39, 0.29) is 0 Å². The molecule has 2 N–H and O–H groups in total. The molecule has 0 radical (unpaired) electrons. The predicted octanol–water partition coefficient (Wildman–Crippen LogP) is 1.02. The van der Waals surface area contributed by atoms with E-state index in [0.717, 1.165) is 17.8 Å². The van der Waals surface area contributed by atoms with Crippen molar-refractivity contribution < 1.29 is 0 Å². The molecule has 0 fully saturated rings. The van der Waals surface area contributed by atoms with E-state index in [1.807, 2.05) is 30.6 Å². The highest BCUT2D eigenvalue weighted by atomic mass is 15.0. The lowest BCUT2D eigenvalue weighted by molar-refractivity contribution is 0.979. The van der Waals surface area contributed by atoms with Gasteiger partial charge in [0.2, 0.25) is 0 Å². The zero-order valence-corrected chi connectivity index (χ0v) is 9.51. The molecule has 0 amide bonds. The van der Waals surface area contributed by atoms with Crippen molar-refractivity contribution in [3.8, 4) is 0 Å². The largest absolute Gasteiger partial charge is 0.382 e. The molecule has 0 aliphatic heterocycles. The van der Waals surface area contributed by atoms with Crippen LogP contribution in [0, 0.1) is 0 Å². The fourth-order valence-electron chi connectivity index (χ4n) is 1.61. The Kier molecular flexibility index (Phi) is 2.85. The molecular weight excluding hydrogens is 202 g/mol. The first kappa shape index (κ1) is 10.6. The van der Waals surface area contributed by atoms with Gasteiger partial charge in [0, 0.05) is 25.1 Å². The Hall–Kier alpha value is -1.91. The predicted molar refractivity (Wildman–Crippen MR) is 63.6 cm³/mol. The Labute approximate surface area is 94.0 Å². The van der Waals surface area contributed by atoms with E-state index in [9.17, 15) is 0 Å². The van der Waals surface area contributed by atoms with Gasteiger partial charge in [-0.1, -0.05) is 6.92 Å². The molecule has 0 atom stereocenters. The van der Waals surface area contributed by atoms with Gasteiger partial charge in [-0.25, -0.2) is 9.97 Å². The normalized spacial score (nSPS) is 12.2. The van der Waals surface area contributed by atoms with Crippen LogP contribution in [0.25, 0.3) is 5.65 Å². The Morgan fingerprint density at radius 1 is 1.50 bits per heavy atom. The van der Waals surface area contributed by atoms with Crippen molar-refractivity contribution in [2.75, 3.05) is 6.54 Å². The van der Waals surface area contributed by atoms with Crippen molar-refractivity contribution in [3.05, 3.63) is 30.0 Å². The summed E-state index contributed by atoms with van der Waals surface area (Å²) in [5, 5.41) is 0. The summed E-state index contributed by atoms with van der Waals surface area (Å²) >= 11 is 0. The Morgan fingerprint density at radius 3 is 3.00 bits per heavy atom. The maximum Gasteiger partial charge on any atom is 0.158 e. The number of imidazole rings is 1. The Morgan fingerprint density at radius 2 is 2.31 bits per heavy atom. The zero-order valence-electron chi connectivity index (χ0n) is 9.51. The van der Waals surface area contributed by atoms with Crippen molar-refractivity contribution in [2.24, 2.45) is 10.7 Å². The van der Waals surface area contributed by atoms with Crippen LogP contribution >= 0.6 is 0 Å². The molecule has 0 aliphatic carbocycles. The van der Waals surface area contributed by atoms with Gasteiger partial charge < -0.3 is 10.1 Å². The third-order valence-corrected chi connectivity index (χ3v) is 2.37. The molecule has 0 saturated carbocycles. The lowest BCUT2D eigenvalue weighted by Crippen LogP contribution is -2.17. The number of fused-ring (bicyclic) bond motifs is 1. The topological polar surface area (TPSA) is 68.6 Å². The molecule has 2 heterocycles. The van der Waals surface area contributed by atoms with Crippen LogP contribution in [-0.2, 0) is 6.42 Å². The van der Waals surface area contributed by atoms with Crippen LogP contribution < -0.4 is 5.73 Å². The second kappa shape index (κ2) is 4.30. The van der Waals surface area contributed by atoms with E-state index in [0.29, 0.717) is 18.1 Å². The molecule has 84 valence electrons.